The molecule has 0 aliphatic rings. The Labute approximate surface area is 80.9 Å². The summed E-state index contributed by atoms with van der Waals surface area (Å²) in [6.45, 7) is 0.306. The van der Waals surface area contributed by atoms with E-state index in [9.17, 15) is 4.79 Å². The van der Waals surface area contributed by atoms with Crippen molar-refractivity contribution in [2.75, 3.05) is 12.5 Å². The Bertz CT molecular complexity index is 266. The van der Waals surface area contributed by atoms with E-state index < -0.39 is 5.97 Å². The molecule has 0 aliphatic heterocycles. The van der Waals surface area contributed by atoms with E-state index in [1.165, 1.54) is 12.4 Å². The monoisotopic (exact) mass is 200 g/mol. The molecule has 70 valence electrons. The summed E-state index contributed by atoms with van der Waals surface area (Å²) in [5.41, 5.74) is 0. The van der Waals surface area contributed by atoms with E-state index in [-0.39, 0.29) is 5.82 Å². The summed E-state index contributed by atoms with van der Waals surface area (Å²) in [6, 6.07) is 1.63. The third kappa shape index (κ3) is 3.38. The fraction of sp³-hybridized carbons (Fsp3) is 0.375. The van der Waals surface area contributed by atoms with Gasteiger partial charge in [-0.3, -0.25) is 0 Å². The smallest absolute Gasteiger partial charge is 0.376 e. The molecule has 1 aromatic rings. The van der Waals surface area contributed by atoms with E-state index in [1.54, 1.807) is 6.07 Å². The van der Waals surface area contributed by atoms with Crippen molar-refractivity contribution in [3.8, 4) is 0 Å². The zero-order chi connectivity index (χ0) is 9.52. The van der Waals surface area contributed by atoms with E-state index >= 15 is 0 Å². The summed E-state index contributed by atoms with van der Waals surface area (Å²) < 4.78 is 4.82. The van der Waals surface area contributed by atoms with E-state index in [0.29, 0.717) is 18.9 Å². The molecule has 1 aromatic heterocycles. The van der Waals surface area contributed by atoms with Crippen molar-refractivity contribution in [1.29, 1.82) is 0 Å². The van der Waals surface area contributed by atoms with Crippen LogP contribution in [0.4, 0.5) is 0 Å². The second kappa shape index (κ2) is 5.48. The highest BCUT2D eigenvalue weighted by atomic mass is 35.5. The molecule has 1 rings (SSSR count). The van der Waals surface area contributed by atoms with Gasteiger partial charge in [0.1, 0.15) is 0 Å². The number of carbonyl (C=O) groups is 1. The van der Waals surface area contributed by atoms with Crippen LogP contribution >= 0.6 is 11.6 Å². The number of hydrogen-bond acceptors (Lipinski definition) is 4. The van der Waals surface area contributed by atoms with Crippen LogP contribution in [-0.4, -0.2) is 28.4 Å². The lowest BCUT2D eigenvalue weighted by atomic mass is 10.5. The van der Waals surface area contributed by atoms with Crippen LogP contribution in [0.5, 0.6) is 0 Å². The molecule has 0 N–H and O–H groups in total. The maximum Gasteiger partial charge on any atom is 0.376 e. The highest BCUT2D eigenvalue weighted by Gasteiger charge is 2.08. The van der Waals surface area contributed by atoms with Crippen molar-refractivity contribution < 1.29 is 9.53 Å². The largest absolute Gasteiger partial charge is 0.460 e. The average Bonchev–Trinajstić information content (AvgIpc) is 2.19. The molecule has 0 unspecified atom stereocenters. The van der Waals surface area contributed by atoms with Crippen molar-refractivity contribution in [2.24, 2.45) is 0 Å². The first-order valence-corrected chi connectivity index (χ1v) is 4.38. The van der Waals surface area contributed by atoms with Gasteiger partial charge in [-0.1, -0.05) is 0 Å². The highest BCUT2D eigenvalue weighted by Crippen LogP contribution is 1.94. The highest BCUT2D eigenvalue weighted by molar-refractivity contribution is 6.17. The fourth-order valence-corrected chi connectivity index (χ4v) is 0.798. The van der Waals surface area contributed by atoms with Crippen LogP contribution in [0.3, 0.4) is 0 Å². The number of alkyl halides is 1. The Morgan fingerprint density at radius 3 is 2.77 bits per heavy atom. The Morgan fingerprint density at radius 2 is 2.15 bits per heavy atom. The van der Waals surface area contributed by atoms with Gasteiger partial charge in [0.05, 0.1) is 6.61 Å². The van der Waals surface area contributed by atoms with E-state index in [0.717, 1.165) is 0 Å². The SMILES string of the molecule is O=C(OCCCCl)c1ncccn1. The van der Waals surface area contributed by atoms with Gasteiger partial charge in [0.15, 0.2) is 0 Å². The first-order chi connectivity index (χ1) is 6.34. The fourth-order valence-electron chi connectivity index (χ4n) is 0.688. The van der Waals surface area contributed by atoms with Crippen molar-refractivity contribution in [1.82, 2.24) is 9.97 Å². The van der Waals surface area contributed by atoms with Gasteiger partial charge in [-0.25, -0.2) is 14.8 Å². The van der Waals surface area contributed by atoms with E-state index in [2.05, 4.69) is 9.97 Å². The van der Waals surface area contributed by atoms with Crippen LogP contribution in [-0.2, 0) is 4.74 Å². The minimum Gasteiger partial charge on any atom is -0.460 e. The topological polar surface area (TPSA) is 52.1 Å². The van der Waals surface area contributed by atoms with Gasteiger partial charge in [0, 0.05) is 18.3 Å². The third-order valence-electron chi connectivity index (χ3n) is 1.26. The third-order valence-corrected chi connectivity index (χ3v) is 1.53. The van der Waals surface area contributed by atoms with Gasteiger partial charge in [-0.05, 0) is 12.5 Å². The Balaban J connectivity index is 2.40. The quantitative estimate of drug-likeness (QED) is 0.417. The molecule has 0 aliphatic carbocycles. The average molecular weight is 201 g/mol. The van der Waals surface area contributed by atoms with E-state index in [4.69, 9.17) is 16.3 Å². The van der Waals surface area contributed by atoms with Crippen LogP contribution in [0, 0.1) is 0 Å². The van der Waals surface area contributed by atoms with Gasteiger partial charge in [-0.2, -0.15) is 0 Å². The van der Waals surface area contributed by atoms with Gasteiger partial charge >= 0.3 is 5.97 Å². The number of aromatic nitrogens is 2. The summed E-state index contributed by atoms with van der Waals surface area (Å²) in [7, 11) is 0. The molecule has 13 heavy (non-hydrogen) atoms. The van der Waals surface area contributed by atoms with Gasteiger partial charge < -0.3 is 4.74 Å². The Kier molecular flexibility index (Phi) is 4.18. The normalized spacial score (nSPS) is 9.62. The molecular weight excluding hydrogens is 192 g/mol. The summed E-state index contributed by atoms with van der Waals surface area (Å²) >= 11 is 5.41. The van der Waals surface area contributed by atoms with Crippen LogP contribution in [0.15, 0.2) is 18.5 Å². The minimum absolute atomic E-state index is 0.0806. The first-order valence-electron chi connectivity index (χ1n) is 3.84. The summed E-state index contributed by atoms with van der Waals surface area (Å²) in [5, 5.41) is 0. The van der Waals surface area contributed by atoms with Crippen molar-refractivity contribution >= 4 is 17.6 Å². The van der Waals surface area contributed by atoms with E-state index in [1.807, 2.05) is 0 Å². The molecule has 0 aromatic carbocycles. The second-order valence-corrected chi connectivity index (χ2v) is 2.63. The molecule has 4 nitrogen and oxygen atoms in total. The number of ether oxygens (including phenoxy) is 1. The standard InChI is InChI=1S/C8H9ClN2O2/c9-3-1-6-13-8(12)7-10-4-2-5-11-7/h2,4-5H,1,3,6H2. The maximum atomic E-state index is 11.1. The van der Waals surface area contributed by atoms with Crippen LogP contribution in [0.1, 0.15) is 17.0 Å². The predicted octanol–water partition coefficient (Wildman–Crippen LogP) is 1.26. The van der Waals surface area contributed by atoms with Crippen molar-refractivity contribution in [3.05, 3.63) is 24.3 Å². The molecular formula is C8H9ClN2O2. The lowest BCUT2D eigenvalue weighted by Gasteiger charge is -2.00. The second-order valence-electron chi connectivity index (χ2n) is 2.25. The van der Waals surface area contributed by atoms with Crippen molar-refractivity contribution in [3.63, 3.8) is 0 Å². The molecule has 0 spiro atoms. The molecule has 0 fully saturated rings. The van der Waals surface area contributed by atoms with Crippen LogP contribution < -0.4 is 0 Å². The number of rotatable bonds is 4. The van der Waals surface area contributed by atoms with Crippen molar-refractivity contribution in [2.45, 2.75) is 6.42 Å². The lowest BCUT2D eigenvalue weighted by molar-refractivity contribution is 0.0491. The number of hydrogen-bond donors (Lipinski definition) is 0. The van der Waals surface area contributed by atoms with Gasteiger partial charge in [0.2, 0.25) is 5.82 Å². The molecule has 1 heterocycles. The van der Waals surface area contributed by atoms with Gasteiger partial charge in [-0.15, -0.1) is 11.6 Å². The van der Waals surface area contributed by atoms with Crippen LogP contribution in [0.25, 0.3) is 0 Å². The van der Waals surface area contributed by atoms with Gasteiger partial charge in [0.25, 0.3) is 0 Å². The Hall–Kier alpha value is -1.16. The molecule has 0 amide bonds. The molecule has 5 heteroatoms. The lowest BCUT2D eigenvalue weighted by Crippen LogP contribution is -2.10. The number of nitrogens with zero attached hydrogens (tertiary/aromatic N) is 2. The Morgan fingerprint density at radius 1 is 1.46 bits per heavy atom. The summed E-state index contributed by atoms with van der Waals surface area (Å²) in [4.78, 5) is 18.6. The number of halogens is 1. The molecule has 0 radical (unpaired) electrons. The maximum absolute atomic E-state index is 11.1. The molecule has 0 saturated carbocycles. The van der Waals surface area contributed by atoms with Crippen LogP contribution in [0.2, 0.25) is 0 Å². The number of carbonyl (C=O) groups excluding carboxylic acids is 1. The minimum atomic E-state index is -0.509. The molecule has 0 atom stereocenters. The zero-order valence-corrected chi connectivity index (χ0v) is 7.70. The predicted molar refractivity (Wildman–Crippen MR) is 47.7 cm³/mol. The first kappa shape index (κ1) is 9.92. The number of esters is 1. The zero-order valence-electron chi connectivity index (χ0n) is 6.94. The summed E-state index contributed by atoms with van der Waals surface area (Å²) in [6.07, 6.45) is 3.62. The summed E-state index contributed by atoms with van der Waals surface area (Å²) in [5.74, 6) is 0.0472. The molecule has 0 saturated heterocycles. The molecule has 0 bridgehead atoms.